The Morgan fingerprint density at radius 2 is 1.81 bits per heavy atom. The molecule has 0 aliphatic carbocycles. The Balaban J connectivity index is 1.67. The number of ether oxygens (including phenoxy) is 2. The van der Waals surface area contributed by atoms with Crippen LogP contribution in [-0.2, 0) is 14.6 Å². The quantitative estimate of drug-likeness (QED) is 0.728. The van der Waals surface area contributed by atoms with Crippen molar-refractivity contribution in [3.8, 4) is 16.9 Å². The molecule has 0 saturated carbocycles. The van der Waals surface area contributed by atoms with Crippen molar-refractivity contribution < 1.29 is 22.7 Å². The molecule has 1 N–H and O–H groups in total. The van der Waals surface area contributed by atoms with Crippen molar-refractivity contribution >= 4 is 15.9 Å². The average molecular weight is 449 g/mol. The number of amides is 1. The number of H-pyrrole nitrogens is 1. The molecule has 1 aromatic carbocycles. The normalized spacial score (nSPS) is 15.2. The van der Waals surface area contributed by atoms with Gasteiger partial charge in [-0.05, 0) is 56.4 Å². The number of aromatic amines is 1. The Morgan fingerprint density at radius 1 is 1.16 bits per heavy atom. The van der Waals surface area contributed by atoms with Gasteiger partial charge in [-0.1, -0.05) is 12.1 Å². The third kappa shape index (κ3) is 5.88. The van der Waals surface area contributed by atoms with Crippen LogP contribution in [0.15, 0.2) is 46.2 Å². The Labute approximate surface area is 182 Å². The van der Waals surface area contributed by atoms with Crippen molar-refractivity contribution in [1.82, 2.24) is 9.88 Å². The summed E-state index contributed by atoms with van der Waals surface area (Å²) in [5.41, 5.74) is 0.631. The van der Waals surface area contributed by atoms with Crippen LogP contribution in [0, 0.1) is 5.92 Å². The Bertz CT molecular complexity index is 1070. The number of nitrogens with zero attached hydrogens (tertiary/aromatic N) is 1. The summed E-state index contributed by atoms with van der Waals surface area (Å²) in [5, 5.41) is 0. The zero-order valence-electron chi connectivity index (χ0n) is 18.0. The minimum atomic E-state index is -3.32. The topological polar surface area (TPSA) is 106 Å². The van der Waals surface area contributed by atoms with E-state index >= 15 is 0 Å². The van der Waals surface area contributed by atoms with Crippen LogP contribution in [0.1, 0.15) is 26.7 Å². The van der Waals surface area contributed by atoms with E-state index < -0.39 is 9.84 Å². The van der Waals surface area contributed by atoms with Gasteiger partial charge in [-0.15, -0.1) is 0 Å². The maximum absolute atomic E-state index is 12.5. The van der Waals surface area contributed by atoms with E-state index in [4.69, 9.17) is 9.47 Å². The van der Waals surface area contributed by atoms with Crippen LogP contribution >= 0.6 is 0 Å². The molecule has 0 bridgehead atoms. The Kier molecular flexibility index (Phi) is 7.04. The highest BCUT2D eigenvalue weighted by Crippen LogP contribution is 2.28. The summed E-state index contributed by atoms with van der Waals surface area (Å²) in [6, 6.07) is 7.86. The number of rotatable bonds is 6. The second kappa shape index (κ2) is 9.55. The molecule has 1 saturated heterocycles. The van der Waals surface area contributed by atoms with E-state index in [2.05, 4.69) is 4.98 Å². The molecular weight excluding hydrogens is 420 g/mol. The zero-order chi connectivity index (χ0) is 22.6. The van der Waals surface area contributed by atoms with Crippen LogP contribution in [0.3, 0.4) is 0 Å². The highest BCUT2D eigenvalue weighted by Gasteiger charge is 2.25. The van der Waals surface area contributed by atoms with E-state index in [1.165, 1.54) is 18.3 Å². The summed E-state index contributed by atoms with van der Waals surface area (Å²) in [7, 11) is -3.32. The number of hydrogen-bond donors (Lipinski definition) is 1. The number of carbonyl (C=O) groups excluding carboxylic acids is 1. The summed E-state index contributed by atoms with van der Waals surface area (Å²) < 4.78 is 34.6. The smallest absolute Gasteiger partial charge is 0.410 e. The standard InChI is InChI=1S/C22H28N2O6S/c1-15(2)30-22(26)24-12-9-16(10-13-24)14-29-19-8-11-23-21(25)20(19)17-4-6-18(7-5-17)31(3,27)28/h4-8,11,15-16H,9-10,12-14H2,1-3H3,(H,23,25). The van der Waals surface area contributed by atoms with Crippen LogP contribution in [0.2, 0.25) is 0 Å². The lowest BCUT2D eigenvalue weighted by Crippen LogP contribution is -2.40. The Morgan fingerprint density at radius 3 is 2.39 bits per heavy atom. The van der Waals surface area contributed by atoms with Crippen LogP contribution in [-0.4, -0.2) is 56.5 Å². The zero-order valence-corrected chi connectivity index (χ0v) is 18.8. The third-order valence-electron chi connectivity index (χ3n) is 5.18. The SMILES string of the molecule is CC(C)OC(=O)N1CCC(COc2cc[nH]c(=O)c2-c2ccc(S(C)(=O)=O)cc2)CC1. The summed E-state index contributed by atoms with van der Waals surface area (Å²) in [5.74, 6) is 0.695. The average Bonchev–Trinajstić information content (AvgIpc) is 2.71. The number of nitrogens with one attached hydrogen (secondary N) is 1. The van der Waals surface area contributed by atoms with Gasteiger partial charge in [0.05, 0.1) is 23.2 Å². The van der Waals surface area contributed by atoms with Crippen LogP contribution in [0.25, 0.3) is 11.1 Å². The molecule has 168 valence electrons. The van der Waals surface area contributed by atoms with Gasteiger partial charge >= 0.3 is 6.09 Å². The van der Waals surface area contributed by atoms with Crippen LogP contribution in [0.5, 0.6) is 5.75 Å². The van der Waals surface area contributed by atoms with E-state index in [0.29, 0.717) is 36.6 Å². The molecule has 1 aliphatic rings. The number of hydrogen-bond acceptors (Lipinski definition) is 6. The first-order valence-electron chi connectivity index (χ1n) is 10.3. The van der Waals surface area contributed by atoms with Gasteiger partial charge in [0.25, 0.3) is 5.56 Å². The molecule has 31 heavy (non-hydrogen) atoms. The number of sulfone groups is 1. The first-order valence-corrected chi connectivity index (χ1v) is 12.1. The highest BCUT2D eigenvalue weighted by atomic mass is 32.2. The number of aromatic nitrogens is 1. The van der Waals surface area contributed by atoms with E-state index in [0.717, 1.165) is 19.1 Å². The lowest BCUT2D eigenvalue weighted by atomic mass is 9.98. The predicted molar refractivity (Wildman–Crippen MR) is 117 cm³/mol. The van der Waals surface area contributed by atoms with E-state index in [1.807, 2.05) is 13.8 Å². The first-order chi connectivity index (χ1) is 14.6. The molecule has 1 amide bonds. The second-order valence-electron chi connectivity index (χ2n) is 8.02. The van der Waals surface area contributed by atoms with Crippen molar-refractivity contribution in [2.24, 2.45) is 5.92 Å². The number of likely N-dealkylation sites (tertiary alicyclic amines) is 1. The molecule has 8 nitrogen and oxygen atoms in total. The van der Waals surface area contributed by atoms with Crippen molar-refractivity contribution in [2.45, 2.75) is 37.7 Å². The fourth-order valence-electron chi connectivity index (χ4n) is 3.49. The Hall–Kier alpha value is -2.81. The summed E-state index contributed by atoms with van der Waals surface area (Å²) in [4.78, 5) is 29.0. The molecule has 1 aromatic heterocycles. The number of benzene rings is 1. The summed E-state index contributed by atoms with van der Waals surface area (Å²) in [6.45, 7) is 5.28. The maximum atomic E-state index is 12.5. The minimum Gasteiger partial charge on any atom is -0.492 e. The van der Waals surface area contributed by atoms with Crippen LogP contribution < -0.4 is 10.3 Å². The van der Waals surface area contributed by atoms with Gasteiger partial charge in [-0.2, -0.15) is 0 Å². The molecule has 9 heteroatoms. The minimum absolute atomic E-state index is 0.144. The molecule has 0 atom stereocenters. The second-order valence-corrected chi connectivity index (χ2v) is 10.0. The van der Waals surface area contributed by atoms with Crippen molar-refractivity contribution in [2.75, 3.05) is 26.0 Å². The molecule has 3 rings (SSSR count). The molecule has 0 unspecified atom stereocenters. The van der Waals surface area contributed by atoms with Crippen molar-refractivity contribution in [1.29, 1.82) is 0 Å². The van der Waals surface area contributed by atoms with E-state index in [-0.39, 0.29) is 28.6 Å². The largest absolute Gasteiger partial charge is 0.492 e. The number of carbonyl (C=O) groups is 1. The molecule has 0 spiro atoms. The third-order valence-corrected chi connectivity index (χ3v) is 6.31. The molecular formula is C22H28N2O6S. The van der Waals surface area contributed by atoms with Crippen molar-refractivity contribution in [3.05, 3.63) is 46.9 Å². The van der Waals surface area contributed by atoms with Gasteiger partial charge in [0.1, 0.15) is 5.75 Å². The molecule has 1 aliphatic heterocycles. The summed E-state index contributed by atoms with van der Waals surface area (Å²) in [6.07, 6.45) is 3.80. The lowest BCUT2D eigenvalue weighted by molar-refractivity contribution is 0.0608. The first kappa shape index (κ1) is 22.9. The molecule has 2 heterocycles. The van der Waals surface area contributed by atoms with E-state index in [1.54, 1.807) is 23.1 Å². The van der Waals surface area contributed by atoms with Gasteiger partial charge in [-0.3, -0.25) is 4.79 Å². The highest BCUT2D eigenvalue weighted by molar-refractivity contribution is 7.90. The number of pyridine rings is 1. The van der Waals surface area contributed by atoms with Gasteiger partial charge in [-0.25, -0.2) is 13.2 Å². The van der Waals surface area contributed by atoms with E-state index in [9.17, 15) is 18.0 Å². The lowest BCUT2D eigenvalue weighted by Gasteiger charge is -2.31. The molecule has 1 fully saturated rings. The number of piperidine rings is 1. The molecule has 2 aromatic rings. The van der Waals surface area contributed by atoms with Gasteiger partial charge in [0, 0.05) is 25.5 Å². The molecule has 0 radical (unpaired) electrons. The maximum Gasteiger partial charge on any atom is 0.410 e. The van der Waals surface area contributed by atoms with Crippen molar-refractivity contribution in [3.63, 3.8) is 0 Å². The van der Waals surface area contributed by atoms with Gasteiger partial charge in [0.2, 0.25) is 0 Å². The fourth-order valence-corrected chi connectivity index (χ4v) is 4.12. The monoisotopic (exact) mass is 448 g/mol. The summed E-state index contributed by atoms with van der Waals surface area (Å²) >= 11 is 0. The fraction of sp³-hybridized carbons (Fsp3) is 0.455. The predicted octanol–water partition coefficient (Wildman–Crippen LogP) is 3.08. The van der Waals surface area contributed by atoms with Crippen LogP contribution in [0.4, 0.5) is 4.79 Å². The van der Waals surface area contributed by atoms with Gasteiger partial charge in [0.15, 0.2) is 9.84 Å². The van der Waals surface area contributed by atoms with Gasteiger partial charge < -0.3 is 19.4 Å².